The van der Waals surface area contributed by atoms with Crippen LogP contribution in [-0.4, -0.2) is 15.0 Å². The zero-order chi connectivity index (χ0) is 38.4. The first-order valence-corrected chi connectivity index (χ1v) is 15.9. The summed E-state index contributed by atoms with van der Waals surface area (Å²) in [4.78, 5) is 14.9. The summed E-state index contributed by atoms with van der Waals surface area (Å²) in [6.07, 6.45) is 0. The molecule has 4 nitrogen and oxygen atoms in total. The summed E-state index contributed by atoms with van der Waals surface area (Å²) < 4.78 is 69.0. The van der Waals surface area contributed by atoms with Gasteiger partial charge < -0.3 is 4.42 Å². The first-order chi connectivity index (χ1) is 27.2. The topological polar surface area (TPSA) is 51.8 Å². The van der Waals surface area contributed by atoms with E-state index in [9.17, 15) is 2.74 Å². The Kier molecular flexibility index (Phi) is 4.76. The van der Waals surface area contributed by atoms with Gasteiger partial charge >= 0.3 is 0 Å². The minimum Gasteiger partial charge on any atom is -0.456 e. The minimum atomic E-state index is -0.153. The molecule has 0 aliphatic heterocycles. The molecule has 2 heterocycles. The standard InChI is InChI=1S/C45H27N3O/c1-3-13-28(14-4-1)43-46-44(29-15-5-2-6-16-29)48-45(47-43)37-22-12-24-40-42(37)41-31(21-11-23-39(41)49-40)30-25-26-36-34-19-8-7-17-32(34)33-18-9-10-20-35(33)38(36)27-30/h1-27H/i7D,8D,9D,18D,20D,25D,27D. The van der Waals surface area contributed by atoms with E-state index in [2.05, 4.69) is 0 Å². The van der Waals surface area contributed by atoms with E-state index in [1.807, 2.05) is 97.1 Å². The number of aromatic nitrogens is 3. The predicted molar refractivity (Wildman–Crippen MR) is 201 cm³/mol. The number of fused-ring (bicyclic) bond motifs is 9. The minimum absolute atomic E-state index is 0.0382. The molecule has 4 heteroatoms. The second kappa shape index (κ2) is 11.0. The molecule has 0 bridgehead atoms. The molecule has 10 aromatic rings. The van der Waals surface area contributed by atoms with Gasteiger partial charge in [-0.25, -0.2) is 15.0 Å². The number of benzene rings is 8. The summed E-state index contributed by atoms with van der Waals surface area (Å²) in [5.41, 5.74) is 4.25. The van der Waals surface area contributed by atoms with Crippen molar-refractivity contribution in [3.63, 3.8) is 0 Å². The van der Waals surface area contributed by atoms with E-state index in [-0.39, 0.29) is 58.6 Å². The van der Waals surface area contributed by atoms with Crippen LogP contribution in [0.25, 0.3) is 99.5 Å². The third-order valence-corrected chi connectivity index (χ3v) is 8.96. The van der Waals surface area contributed by atoms with Crippen LogP contribution in [0.2, 0.25) is 0 Å². The fraction of sp³-hybridized carbons (Fsp3) is 0. The summed E-state index contributed by atoms with van der Waals surface area (Å²) in [6, 6.07) is 36.1. The first kappa shape index (κ1) is 21.3. The third-order valence-electron chi connectivity index (χ3n) is 8.96. The van der Waals surface area contributed by atoms with Gasteiger partial charge in [0.15, 0.2) is 17.5 Å². The van der Waals surface area contributed by atoms with Crippen molar-refractivity contribution in [1.29, 1.82) is 0 Å². The monoisotopic (exact) mass is 632 g/mol. The van der Waals surface area contributed by atoms with Gasteiger partial charge in [0.1, 0.15) is 11.2 Å². The maximum atomic E-state index is 9.83. The van der Waals surface area contributed by atoms with Gasteiger partial charge in [0.05, 0.1) is 9.60 Å². The Morgan fingerprint density at radius 1 is 0.388 bits per heavy atom. The largest absolute Gasteiger partial charge is 0.456 e. The van der Waals surface area contributed by atoms with Crippen LogP contribution in [0.5, 0.6) is 0 Å². The van der Waals surface area contributed by atoms with Crippen molar-refractivity contribution in [3.05, 3.63) is 164 Å². The van der Waals surface area contributed by atoms with Gasteiger partial charge in [-0.2, -0.15) is 0 Å². The van der Waals surface area contributed by atoms with Crippen LogP contribution in [0.3, 0.4) is 0 Å². The van der Waals surface area contributed by atoms with E-state index in [0.29, 0.717) is 72.1 Å². The fourth-order valence-electron chi connectivity index (χ4n) is 6.75. The van der Waals surface area contributed by atoms with E-state index in [1.54, 1.807) is 6.07 Å². The van der Waals surface area contributed by atoms with E-state index in [4.69, 9.17) is 26.2 Å². The van der Waals surface area contributed by atoms with Crippen molar-refractivity contribution in [2.24, 2.45) is 0 Å². The Balaban J connectivity index is 1.31. The second-order valence-electron chi connectivity index (χ2n) is 11.8. The fourth-order valence-corrected chi connectivity index (χ4v) is 6.75. The smallest absolute Gasteiger partial charge is 0.164 e. The maximum Gasteiger partial charge on any atom is 0.164 e. The Morgan fingerprint density at radius 2 is 0.959 bits per heavy atom. The molecule has 0 amide bonds. The third kappa shape index (κ3) is 4.42. The van der Waals surface area contributed by atoms with Crippen LogP contribution in [-0.2, 0) is 0 Å². The number of rotatable bonds is 4. The van der Waals surface area contributed by atoms with E-state index in [1.165, 1.54) is 18.2 Å². The first-order valence-electron chi connectivity index (χ1n) is 19.4. The van der Waals surface area contributed by atoms with Crippen LogP contribution >= 0.6 is 0 Å². The van der Waals surface area contributed by atoms with Crippen LogP contribution in [0, 0.1) is 0 Å². The van der Waals surface area contributed by atoms with Gasteiger partial charge in [-0.3, -0.25) is 0 Å². The molecule has 0 spiro atoms. The predicted octanol–water partition coefficient (Wildman–Crippen LogP) is 11.9. The van der Waals surface area contributed by atoms with Crippen LogP contribution in [0.15, 0.2) is 168 Å². The molecular formula is C45H27N3O. The zero-order valence-corrected chi connectivity index (χ0v) is 25.8. The van der Waals surface area contributed by atoms with E-state index in [0.717, 1.165) is 11.1 Å². The Bertz CT molecular complexity index is 3220. The van der Waals surface area contributed by atoms with Crippen molar-refractivity contribution >= 4 is 54.3 Å². The van der Waals surface area contributed by atoms with E-state index < -0.39 is 0 Å². The second-order valence-corrected chi connectivity index (χ2v) is 11.8. The average molecular weight is 633 g/mol. The van der Waals surface area contributed by atoms with Crippen molar-refractivity contribution in [3.8, 4) is 45.3 Å². The zero-order valence-electron chi connectivity index (χ0n) is 32.8. The number of hydrogen-bond donors (Lipinski definition) is 0. The molecule has 0 N–H and O–H groups in total. The Labute approximate surface area is 291 Å². The normalized spacial score (nSPS) is 13.7. The lowest BCUT2D eigenvalue weighted by molar-refractivity contribution is 0.669. The summed E-state index contributed by atoms with van der Waals surface area (Å²) in [6.45, 7) is 0. The van der Waals surface area contributed by atoms with Gasteiger partial charge in [0.2, 0.25) is 0 Å². The SMILES string of the molecule is [2H]c1cc2c(cc1[2H])c1c([2H])c([2H])cc([2H])c1c1c([2H])c(-c3cccc4oc5cccc(-c6nc(-c7ccccc7)nc(-c7ccccc7)n6)c5c34)c([2H])cc21. The van der Waals surface area contributed by atoms with Crippen LogP contribution < -0.4 is 0 Å². The molecule has 49 heavy (non-hydrogen) atoms. The lowest BCUT2D eigenvalue weighted by atomic mass is 9.91. The molecule has 0 radical (unpaired) electrons. The van der Waals surface area contributed by atoms with Gasteiger partial charge in [0.25, 0.3) is 0 Å². The van der Waals surface area contributed by atoms with E-state index >= 15 is 0 Å². The molecule has 0 saturated heterocycles. The summed E-state index contributed by atoms with van der Waals surface area (Å²) in [5.74, 6) is 1.42. The van der Waals surface area contributed by atoms with Gasteiger partial charge in [-0.15, -0.1) is 0 Å². The molecule has 228 valence electrons. The van der Waals surface area contributed by atoms with Crippen molar-refractivity contribution in [2.75, 3.05) is 0 Å². The summed E-state index contributed by atoms with van der Waals surface area (Å²) >= 11 is 0. The molecule has 10 rings (SSSR count). The molecule has 0 saturated carbocycles. The molecular weight excluding hydrogens is 599 g/mol. The molecule has 0 unspecified atom stereocenters. The molecule has 0 aliphatic carbocycles. The Hall–Kier alpha value is -6.65. The summed E-state index contributed by atoms with van der Waals surface area (Å²) in [7, 11) is 0. The van der Waals surface area contributed by atoms with Crippen molar-refractivity contribution < 1.29 is 14.0 Å². The van der Waals surface area contributed by atoms with Gasteiger partial charge in [0, 0.05) is 27.5 Å². The number of hydrogen-bond acceptors (Lipinski definition) is 4. The van der Waals surface area contributed by atoms with Gasteiger partial charge in [-0.1, -0.05) is 145 Å². The quantitative estimate of drug-likeness (QED) is 0.181. The van der Waals surface area contributed by atoms with Crippen molar-refractivity contribution in [1.82, 2.24) is 15.0 Å². The van der Waals surface area contributed by atoms with Crippen LogP contribution in [0.1, 0.15) is 9.60 Å². The highest BCUT2D eigenvalue weighted by Crippen LogP contribution is 2.43. The lowest BCUT2D eigenvalue weighted by Crippen LogP contribution is -2.00. The average Bonchev–Trinajstić information content (AvgIpc) is 3.60. The van der Waals surface area contributed by atoms with Crippen molar-refractivity contribution in [2.45, 2.75) is 0 Å². The highest BCUT2D eigenvalue weighted by Gasteiger charge is 2.20. The summed E-state index contributed by atoms with van der Waals surface area (Å²) in [5, 5.41) is 3.60. The molecule has 0 fully saturated rings. The van der Waals surface area contributed by atoms with Crippen LogP contribution in [0.4, 0.5) is 0 Å². The molecule has 8 aromatic carbocycles. The number of furan rings is 1. The number of nitrogens with zero attached hydrogens (tertiary/aromatic N) is 3. The molecule has 2 aromatic heterocycles. The highest BCUT2D eigenvalue weighted by atomic mass is 16.3. The van der Waals surface area contributed by atoms with Gasteiger partial charge in [-0.05, 0) is 61.6 Å². The molecule has 0 aliphatic rings. The Morgan fingerprint density at radius 3 is 1.65 bits per heavy atom. The lowest BCUT2D eigenvalue weighted by Gasteiger charge is -2.13. The maximum absolute atomic E-state index is 9.83. The molecule has 0 atom stereocenters. The highest BCUT2D eigenvalue weighted by molar-refractivity contribution is 6.26.